The molecule has 4 heterocycles. The molecule has 1 fully saturated rings. The number of H-pyrrole nitrogens is 2. The lowest BCUT2D eigenvalue weighted by Crippen LogP contribution is -2.24. The third-order valence-electron chi connectivity index (χ3n) is 4.41. The van der Waals surface area contributed by atoms with Crippen LogP contribution in [0.25, 0.3) is 11.7 Å². The van der Waals surface area contributed by atoms with Crippen molar-refractivity contribution in [2.24, 2.45) is 4.99 Å². The lowest BCUT2D eigenvalue weighted by Gasteiger charge is -2.04. The highest BCUT2D eigenvalue weighted by molar-refractivity contribution is 5.57. The Labute approximate surface area is 162 Å². The van der Waals surface area contributed by atoms with Crippen LogP contribution in [0.5, 0.6) is 5.88 Å². The second-order valence-corrected chi connectivity index (χ2v) is 6.70. The maximum atomic E-state index is 11.4. The van der Waals surface area contributed by atoms with Gasteiger partial charge in [0.2, 0.25) is 11.8 Å². The fourth-order valence-corrected chi connectivity index (χ4v) is 2.83. The van der Waals surface area contributed by atoms with Gasteiger partial charge in [-0.05, 0) is 31.1 Å². The summed E-state index contributed by atoms with van der Waals surface area (Å²) in [6.07, 6.45) is 6.96. The number of hydrogen-bond donors (Lipinski definition) is 4. The van der Waals surface area contributed by atoms with Crippen molar-refractivity contribution < 1.29 is 5.11 Å². The SMILES string of the molecule is O=c1[nH]c(O)c(C=c2cnn3c(=NC4CC4)nc(NCc4ccccn4)nc23)[nH]1. The van der Waals surface area contributed by atoms with Crippen molar-refractivity contribution in [2.45, 2.75) is 25.4 Å². The Morgan fingerprint density at radius 2 is 2.21 bits per heavy atom. The van der Waals surface area contributed by atoms with E-state index in [0.717, 1.165) is 18.5 Å². The fraction of sp³-hybridized carbons (Fsp3) is 0.222. The Kier molecular flexibility index (Phi) is 4.04. The first kappa shape index (κ1) is 17.1. The van der Waals surface area contributed by atoms with E-state index in [0.29, 0.717) is 29.0 Å². The van der Waals surface area contributed by atoms with E-state index in [1.54, 1.807) is 23.0 Å². The number of aromatic amines is 2. The molecule has 29 heavy (non-hydrogen) atoms. The molecule has 11 nitrogen and oxygen atoms in total. The van der Waals surface area contributed by atoms with Crippen molar-refractivity contribution in [2.75, 3.05) is 5.32 Å². The first-order chi connectivity index (χ1) is 14.2. The summed E-state index contributed by atoms with van der Waals surface area (Å²) >= 11 is 0. The van der Waals surface area contributed by atoms with Gasteiger partial charge in [-0.3, -0.25) is 9.97 Å². The van der Waals surface area contributed by atoms with E-state index in [1.165, 1.54) is 0 Å². The summed E-state index contributed by atoms with van der Waals surface area (Å²) in [5.74, 6) is 0.143. The summed E-state index contributed by atoms with van der Waals surface area (Å²) in [4.78, 5) is 34.1. The van der Waals surface area contributed by atoms with Gasteiger partial charge < -0.3 is 15.4 Å². The van der Waals surface area contributed by atoms with E-state index in [2.05, 4.69) is 40.3 Å². The third kappa shape index (κ3) is 3.57. The van der Waals surface area contributed by atoms with Crippen LogP contribution in [0.1, 0.15) is 24.2 Å². The first-order valence-electron chi connectivity index (χ1n) is 9.12. The molecule has 4 N–H and O–H groups in total. The Hall–Kier alpha value is -4.02. The van der Waals surface area contributed by atoms with Crippen LogP contribution in [0.15, 0.2) is 40.4 Å². The van der Waals surface area contributed by atoms with Gasteiger partial charge >= 0.3 is 5.69 Å². The van der Waals surface area contributed by atoms with Crippen LogP contribution in [0, 0.1) is 0 Å². The van der Waals surface area contributed by atoms with E-state index in [4.69, 9.17) is 0 Å². The molecule has 0 aromatic carbocycles. The van der Waals surface area contributed by atoms with E-state index in [9.17, 15) is 9.90 Å². The number of fused-ring (bicyclic) bond motifs is 1. The van der Waals surface area contributed by atoms with E-state index >= 15 is 0 Å². The second kappa shape index (κ2) is 6.86. The molecular formula is C18H17N9O2. The zero-order valence-corrected chi connectivity index (χ0v) is 15.2. The lowest BCUT2D eigenvalue weighted by atomic mass is 10.3. The number of nitrogens with one attached hydrogen (secondary N) is 3. The minimum atomic E-state index is -0.498. The Morgan fingerprint density at radius 3 is 2.93 bits per heavy atom. The minimum absolute atomic E-state index is 0.243. The number of hydrogen-bond acceptors (Lipinski definition) is 8. The van der Waals surface area contributed by atoms with Crippen molar-refractivity contribution in [3.8, 4) is 5.88 Å². The smallest absolute Gasteiger partial charge is 0.326 e. The minimum Gasteiger partial charge on any atom is -0.493 e. The van der Waals surface area contributed by atoms with Crippen molar-refractivity contribution in [3.63, 3.8) is 0 Å². The zero-order chi connectivity index (χ0) is 19.8. The monoisotopic (exact) mass is 391 g/mol. The predicted molar refractivity (Wildman–Crippen MR) is 103 cm³/mol. The van der Waals surface area contributed by atoms with E-state index in [1.807, 2.05) is 18.2 Å². The molecule has 0 atom stereocenters. The largest absolute Gasteiger partial charge is 0.493 e. The summed E-state index contributed by atoms with van der Waals surface area (Å²) in [5, 5.41) is 17.9. The average molecular weight is 391 g/mol. The van der Waals surface area contributed by atoms with Gasteiger partial charge in [0.05, 0.1) is 24.5 Å². The van der Waals surface area contributed by atoms with Crippen LogP contribution in [0.2, 0.25) is 0 Å². The fourth-order valence-electron chi connectivity index (χ4n) is 2.83. The molecule has 1 aliphatic rings. The predicted octanol–water partition coefficient (Wildman–Crippen LogP) is -0.536. The van der Waals surface area contributed by atoms with Gasteiger partial charge in [-0.25, -0.2) is 9.79 Å². The van der Waals surface area contributed by atoms with Gasteiger partial charge in [-0.2, -0.15) is 19.6 Å². The lowest BCUT2D eigenvalue weighted by molar-refractivity contribution is 0.454. The molecular weight excluding hydrogens is 374 g/mol. The molecule has 1 saturated carbocycles. The number of rotatable bonds is 5. The summed E-state index contributed by atoms with van der Waals surface area (Å²) in [5.41, 5.74) is 1.55. The third-order valence-corrected chi connectivity index (χ3v) is 4.41. The molecule has 0 unspecified atom stereocenters. The van der Waals surface area contributed by atoms with Gasteiger partial charge in [-0.1, -0.05) is 6.07 Å². The van der Waals surface area contributed by atoms with E-state index < -0.39 is 5.69 Å². The number of pyridine rings is 1. The molecule has 0 spiro atoms. The molecule has 0 aliphatic heterocycles. The van der Waals surface area contributed by atoms with Gasteiger partial charge in [0.25, 0.3) is 5.62 Å². The highest BCUT2D eigenvalue weighted by atomic mass is 16.3. The number of aromatic nitrogens is 7. The molecule has 1 aliphatic carbocycles. The number of imidazole rings is 1. The number of nitrogens with zero attached hydrogens (tertiary/aromatic N) is 6. The Morgan fingerprint density at radius 1 is 1.31 bits per heavy atom. The van der Waals surface area contributed by atoms with Gasteiger partial charge in [0, 0.05) is 11.4 Å². The number of anilines is 1. The van der Waals surface area contributed by atoms with Crippen LogP contribution in [0.3, 0.4) is 0 Å². The summed E-state index contributed by atoms with van der Waals surface area (Å²) < 4.78 is 1.55. The summed E-state index contributed by atoms with van der Waals surface area (Å²) in [6, 6.07) is 5.92. The highest BCUT2D eigenvalue weighted by Crippen LogP contribution is 2.22. The van der Waals surface area contributed by atoms with Crippen molar-refractivity contribution in [1.82, 2.24) is 34.5 Å². The molecule has 0 bridgehead atoms. The summed E-state index contributed by atoms with van der Waals surface area (Å²) in [7, 11) is 0. The van der Waals surface area contributed by atoms with Crippen LogP contribution >= 0.6 is 0 Å². The van der Waals surface area contributed by atoms with Crippen LogP contribution < -0.4 is 21.8 Å². The van der Waals surface area contributed by atoms with Gasteiger partial charge in [0.15, 0.2) is 5.65 Å². The number of aromatic hydroxyl groups is 1. The van der Waals surface area contributed by atoms with Gasteiger partial charge in [0.1, 0.15) is 5.69 Å². The summed E-state index contributed by atoms with van der Waals surface area (Å²) in [6.45, 7) is 0.457. The molecule has 0 amide bonds. The van der Waals surface area contributed by atoms with E-state index in [-0.39, 0.29) is 17.6 Å². The van der Waals surface area contributed by atoms with Gasteiger partial charge in [-0.15, -0.1) is 0 Å². The Bertz CT molecular complexity index is 1350. The van der Waals surface area contributed by atoms with Crippen LogP contribution in [0.4, 0.5) is 5.95 Å². The average Bonchev–Trinajstić information content (AvgIpc) is 3.36. The molecule has 4 aromatic rings. The maximum absolute atomic E-state index is 11.4. The van der Waals surface area contributed by atoms with Crippen molar-refractivity contribution >= 4 is 17.7 Å². The second-order valence-electron chi connectivity index (χ2n) is 6.70. The van der Waals surface area contributed by atoms with Crippen LogP contribution in [-0.4, -0.2) is 45.7 Å². The molecule has 4 aromatic heterocycles. The maximum Gasteiger partial charge on any atom is 0.326 e. The van der Waals surface area contributed by atoms with Crippen molar-refractivity contribution in [1.29, 1.82) is 0 Å². The van der Waals surface area contributed by atoms with Crippen LogP contribution in [-0.2, 0) is 6.54 Å². The molecule has 11 heteroatoms. The first-order valence-corrected chi connectivity index (χ1v) is 9.12. The quantitative estimate of drug-likeness (QED) is 0.357. The normalized spacial score (nSPS) is 15.3. The molecule has 146 valence electrons. The zero-order valence-electron chi connectivity index (χ0n) is 15.2. The standard InChI is InChI=1S/C18H17N9O2/c28-15-13(23-18(29)25-15)7-10-8-21-27-14(10)24-16(26-17(27)22-11-4-5-11)20-9-12-3-1-2-6-19-12/h1-3,6-8,11,28H,4-5,9H2,(H,20,22,26)(H2,23,25,29). The topological polar surface area (TPSA) is 149 Å². The molecule has 0 radical (unpaired) electrons. The molecule has 0 saturated heterocycles. The highest BCUT2D eigenvalue weighted by Gasteiger charge is 2.21. The van der Waals surface area contributed by atoms with Crippen molar-refractivity contribution in [3.05, 3.63) is 63.3 Å². The Balaban J connectivity index is 1.61. The molecule has 5 rings (SSSR count).